The number of carbonyl (C=O) groups is 2. The first-order chi connectivity index (χ1) is 16.1. The third-order valence-corrected chi connectivity index (χ3v) is 7.21. The highest BCUT2D eigenvalue weighted by molar-refractivity contribution is 6.21. The van der Waals surface area contributed by atoms with Gasteiger partial charge in [0.25, 0.3) is 0 Å². The van der Waals surface area contributed by atoms with E-state index < -0.39 is 30.6 Å². The van der Waals surface area contributed by atoms with Crippen LogP contribution in [-0.4, -0.2) is 73.7 Å². The minimum Gasteiger partial charge on any atom is -0.368 e. The number of amides is 2. The number of ether oxygens (including phenoxy) is 2. The molecular weight excluding hydrogens is 482 g/mol. The average Bonchev–Trinajstić information content (AvgIpc) is 2.79. The van der Waals surface area contributed by atoms with Crippen LogP contribution >= 0.6 is 11.6 Å². The van der Waals surface area contributed by atoms with Gasteiger partial charge in [-0.3, -0.25) is 14.9 Å². The zero-order chi connectivity index (χ0) is 24.7. The Morgan fingerprint density at radius 3 is 2.26 bits per heavy atom. The first-order valence-corrected chi connectivity index (χ1v) is 12.4. The van der Waals surface area contributed by atoms with E-state index >= 15 is 0 Å². The molecule has 1 saturated heterocycles. The number of carbonyl (C=O) groups excluding carboxylic acids is 2. The molecule has 1 heterocycles. The van der Waals surface area contributed by atoms with Gasteiger partial charge in [-0.15, -0.1) is 11.6 Å². The summed E-state index contributed by atoms with van der Waals surface area (Å²) in [5.74, 6) is -0.465. The molecule has 3 rings (SSSR count). The Hall–Kier alpha value is -1.17. The van der Waals surface area contributed by atoms with E-state index in [4.69, 9.17) is 21.1 Å². The molecule has 0 bridgehead atoms. The van der Waals surface area contributed by atoms with Gasteiger partial charge in [0.15, 0.2) is 0 Å². The molecule has 5 unspecified atom stereocenters. The van der Waals surface area contributed by atoms with E-state index in [2.05, 4.69) is 16.0 Å². The van der Waals surface area contributed by atoms with Gasteiger partial charge in [-0.05, 0) is 51.4 Å². The normalized spacial score (nSPS) is 34.9. The van der Waals surface area contributed by atoms with E-state index in [-0.39, 0.29) is 48.9 Å². The molecule has 5 atom stereocenters. The second kappa shape index (κ2) is 12.7. The van der Waals surface area contributed by atoms with Gasteiger partial charge in [-0.25, -0.2) is 4.39 Å². The number of hydrogen-bond acceptors (Lipinski definition) is 5. The molecule has 12 heteroatoms. The molecule has 0 aromatic heterocycles. The fourth-order valence-corrected chi connectivity index (χ4v) is 5.00. The molecule has 3 aliphatic rings. The van der Waals surface area contributed by atoms with Gasteiger partial charge < -0.3 is 20.1 Å². The van der Waals surface area contributed by atoms with E-state index in [1.165, 1.54) is 0 Å². The van der Waals surface area contributed by atoms with E-state index in [0.717, 1.165) is 0 Å². The lowest BCUT2D eigenvalue weighted by molar-refractivity contribution is -0.190. The lowest BCUT2D eigenvalue weighted by Gasteiger charge is -2.33. The van der Waals surface area contributed by atoms with Gasteiger partial charge in [0.2, 0.25) is 11.8 Å². The summed E-state index contributed by atoms with van der Waals surface area (Å²) in [6, 6.07) is -0.180. The van der Waals surface area contributed by atoms with Crippen LogP contribution in [0.25, 0.3) is 0 Å². The number of nitrogens with one attached hydrogen (secondary N) is 3. The molecule has 1 aliphatic heterocycles. The Bertz CT molecular complexity index is 671. The third-order valence-electron chi connectivity index (χ3n) is 6.72. The standard InChI is InChI=1S/C22H34ClF4N3O4/c23-17-7-6-16(9-18(17)24)33-11-19(31)29-14-3-1-13(2-4-14)21(32)30-15-5-8-20(28-10-15)34-12-22(25,26)27/h13-18,20,28H,1-12H2,(H,29,31)(H,30,32). The van der Waals surface area contributed by atoms with Crippen LogP contribution < -0.4 is 16.0 Å². The van der Waals surface area contributed by atoms with Crippen LogP contribution in [0, 0.1) is 5.92 Å². The Kier molecular flexibility index (Phi) is 10.2. The Morgan fingerprint density at radius 2 is 1.65 bits per heavy atom. The second-order valence-corrected chi connectivity index (χ2v) is 10.1. The molecule has 0 spiro atoms. The lowest BCUT2D eigenvalue weighted by atomic mass is 9.85. The molecular formula is C22H34ClF4N3O4. The second-order valence-electron chi connectivity index (χ2n) is 9.50. The maximum atomic E-state index is 13.7. The smallest absolute Gasteiger partial charge is 0.368 e. The SMILES string of the molecule is O=C(COC1CCC(Cl)C(F)C1)NC1CCC(C(=O)NC2CCC(OCC(F)(F)F)NC2)CC1. The monoisotopic (exact) mass is 515 g/mol. The van der Waals surface area contributed by atoms with Crippen LogP contribution in [0.15, 0.2) is 0 Å². The summed E-state index contributed by atoms with van der Waals surface area (Å²) in [6.45, 7) is -1.05. The largest absolute Gasteiger partial charge is 0.411 e. The highest BCUT2D eigenvalue weighted by Crippen LogP contribution is 2.28. The van der Waals surface area contributed by atoms with Crippen molar-refractivity contribution in [2.24, 2.45) is 5.92 Å². The average molecular weight is 516 g/mol. The summed E-state index contributed by atoms with van der Waals surface area (Å²) in [5.41, 5.74) is 0. The summed E-state index contributed by atoms with van der Waals surface area (Å²) in [7, 11) is 0. The van der Waals surface area contributed by atoms with Crippen molar-refractivity contribution in [2.75, 3.05) is 19.8 Å². The zero-order valence-corrected chi connectivity index (χ0v) is 19.8. The van der Waals surface area contributed by atoms with Crippen molar-refractivity contribution in [3.8, 4) is 0 Å². The predicted molar refractivity (Wildman–Crippen MR) is 117 cm³/mol. The molecule has 196 valence electrons. The molecule has 0 radical (unpaired) electrons. The number of piperidine rings is 1. The first kappa shape index (κ1) is 27.4. The van der Waals surface area contributed by atoms with Crippen molar-refractivity contribution in [1.82, 2.24) is 16.0 Å². The molecule has 3 N–H and O–H groups in total. The summed E-state index contributed by atoms with van der Waals surface area (Å²) < 4.78 is 60.8. The van der Waals surface area contributed by atoms with Crippen LogP contribution in [0.3, 0.4) is 0 Å². The molecule has 2 amide bonds. The molecule has 3 fully saturated rings. The molecule has 2 aliphatic carbocycles. The lowest BCUT2D eigenvalue weighted by Crippen LogP contribution is -2.52. The van der Waals surface area contributed by atoms with Gasteiger partial charge in [0.1, 0.15) is 25.6 Å². The van der Waals surface area contributed by atoms with Crippen molar-refractivity contribution < 1.29 is 36.6 Å². The molecule has 2 saturated carbocycles. The summed E-state index contributed by atoms with van der Waals surface area (Å²) >= 11 is 5.86. The topological polar surface area (TPSA) is 88.7 Å². The zero-order valence-electron chi connectivity index (χ0n) is 19.0. The maximum Gasteiger partial charge on any atom is 0.411 e. The van der Waals surface area contributed by atoms with Gasteiger partial charge in [-0.1, -0.05) is 0 Å². The quantitative estimate of drug-likeness (QED) is 0.342. The number of alkyl halides is 5. The van der Waals surface area contributed by atoms with Crippen molar-refractivity contribution in [2.45, 2.75) is 99.9 Å². The summed E-state index contributed by atoms with van der Waals surface area (Å²) in [6.07, 6.45) is -1.50. The molecule has 0 aromatic carbocycles. The van der Waals surface area contributed by atoms with Crippen LogP contribution in [0.1, 0.15) is 57.8 Å². The molecule has 0 aromatic rings. The molecule has 7 nitrogen and oxygen atoms in total. The van der Waals surface area contributed by atoms with Crippen molar-refractivity contribution in [1.29, 1.82) is 0 Å². The summed E-state index contributed by atoms with van der Waals surface area (Å²) in [5, 5.41) is 8.31. The van der Waals surface area contributed by atoms with E-state index in [1.54, 1.807) is 0 Å². The number of halogens is 5. The third kappa shape index (κ3) is 9.13. The Morgan fingerprint density at radius 1 is 0.941 bits per heavy atom. The van der Waals surface area contributed by atoms with Crippen molar-refractivity contribution in [3.63, 3.8) is 0 Å². The van der Waals surface area contributed by atoms with Crippen LogP contribution in [0.2, 0.25) is 0 Å². The van der Waals surface area contributed by atoms with Gasteiger partial charge in [-0.2, -0.15) is 13.2 Å². The van der Waals surface area contributed by atoms with Crippen molar-refractivity contribution >= 4 is 23.4 Å². The van der Waals surface area contributed by atoms with Crippen LogP contribution in [0.5, 0.6) is 0 Å². The van der Waals surface area contributed by atoms with E-state index in [9.17, 15) is 27.2 Å². The Labute approximate surface area is 202 Å². The van der Waals surface area contributed by atoms with Crippen molar-refractivity contribution in [3.05, 3.63) is 0 Å². The molecule has 34 heavy (non-hydrogen) atoms. The van der Waals surface area contributed by atoms with Gasteiger partial charge in [0, 0.05) is 31.0 Å². The van der Waals surface area contributed by atoms with Crippen LogP contribution in [0.4, 0.5) is 17.6 Å². The summed E-state index contributed by atoms with van der Waals surface area (Å²) in [4.78, 5) is 24.8. The fourth-order valence-electron chi connectivity index (χ4n) is 4.77. The highest BCUT2D eigenvalue weighted by Gasteiger charge is 2.33. The highest BCUT2D eigenvalue weighted by atomic mass is 35.5. The van der Waals surface area contributed by atoms with Gasteiger partial charge in [0.05, 0.1) is 11.5 Å². The number of hydrogen-bond donors (Lipinski definition) is 3. The Balaban J connectivity index is 1.27. The number of rotatable bonds is 8. The van der Waals surface area contributed by atoms with E-state index in [0.29, 0.717) is 57.9 Å². The predicted octanol–water partition coefficient (Wildman–Crippen LogP) is 2.95. The van der Waals surface area contributed by atoms with Crippen LogP contribution in [-0.2, 0) is 19.1 Å². The van der Waals surface area contributed by atoms with Gasteiger partial charge >= 0.3 is 6.18 Å². The van der Waals surface area contributed by atoms with E-state index in [1.807, 2.05) is 0 Å². The fraction of sp³-hybridized carbons (Fsp3) is 0.909. The maximum absolute atomic E-state index is 13.7. The minimum atomic E-state index is -4.36. The first-order valence-electron chi connectivity index (χ1n) is 12.0. The minimum absolute atomic E-state index is 0.0319.